The molecule has 0 radical (unpaired) electrons. The highest BCUT2D eigenvalue weighted by atomic mass is 32.2. The fraction of sp³-hybridized carbons (Fsp3) is 0.293. The lowest BCUT2D eigenvalue weighted by Gasteiger charge is -2.32. The summed E-state index contributed by atoms with van der Waals surface area (Å²) < 4.78 is 34.1. The molecule has 12 heteroatoms. The molecule has 2 aliphatic heterocycles. The molecule has 1 fully saturated rings. The number of nitro groups is 1. The number of fused-ring (bicyclic) bond motifs is 2. The van der Waals surface area contributed by atoms with Gasteiger partial charge in [0, 0.05) is 47.0 Å². The van der Waals surface area contributed by atoms with Crippen LogP contribution in [0.1, 0.15) is 81.2 Å². The molecule has 0 aromatic heterocycles. The lowest BCUT2D eigenvalue weighted by molar-refractivity contribution is -0.384. The minimum atomic E-state index is -4.44. The highest BCUT2D eigenvalue weighted by Crippen LogP contribution is 2.49. The Labute approximate surface area is 309 Å². The fourth-order valence-corrected chi connectivity index (χ4v) is 7.51. The zero-order valence-corrected chi connectivity index (χ0v) is 31.1. The van der Waals surface area contributed by atoms with E-state index < -0.39 is 37.7 Å². The number of benzene rings is 3. The van der Waals surface area contributed by atoms with Gasteiger partial charge in [0.25, 0.3) is 27.6 Å². The maximum Gasteiger partial charge on any atom is 0.294 e. The summed E-state index contributed by atoms with van der Waals surface area (Å²) >= 11 is 0. The number of rotatable bonds is 11. The first-order valence-electron chi connectivity index (χ1n) is 17.3. The number of anilines is 1. The Balaban J connectivity index is 1.30. The van der Waals surface area contributed by atoms with Gasteiger partial charge in [-0.2, -0.15) is 13.5 Å². The molecule has 3 aromatic rings. The summed E-state index contributed by atoms with van der Waals surface area (Å²) in [6, 6.07) is 17.0. The van der Waals surface area contributed by atoms with Gasteiger partial charge in [0.2, 0.25) is 0 Å². The van der Waals surface area contributed by atoms with Crippen LogP contribution in [0, 0.1) is 17.0 Å². The molecule has 274 valence electrons. The maximum atomic E-state index is 12.5. The Morgan fingerprint density at radius 3 is 2.25 bits per heavy atom. The smallest absolute Gasteiger partial charge is 0.282 e. The van der Waals surface area contributed by atoms with Crippen LogP contribution in [-0.4, -0.2) is 34.8 Å². The summed E-state index contributed by atoms with van der Waals surface area (Å²) in [7, 11) is -4.44. The van der Waals surface area contributed by atoms with Gasteiger partial charge in [-0.1, -0.05) is 87.9 Å². The second-order valence-electron chi connectivity index (χ2n) is 14.5. The van der Waals surface area contributed by atoms with Crippen molar-refractivity contribution in [1.82, 2.24) is 5.06 Å². The minimum absolute atomic E-state index is 0.0343. The molecule has 0 saturated carbocycles. The SMILES string of the molecule is Cc1ccc2c(c1)C(C)(C)\C(=C/C=C/C=C/C1=C=C(CCCc3ccc([N+](=O)[O-])cc3)c3ccc(S(=O)(=O)O)cc3C1(C)C)N2ON1C(=O)CCC1=O. The van der Waals surface area contributed by atoms with Crippen molar-refractivity contribution in [3.8, 4) is 0 Å². The summed E-state index contributed by atoms with van der Waals surface area (Å²) in [6.07, 6.45) is 11.6. The van der Waals surface area contributed by atoms with Gasteiger partial charge in [0.05, 0.1) is 21.2 Å². The van der Waals surface area contributed by atoms with Crippen molar-refractivity contribution in [3.05, 3.63) is 146 Å². The number of non-ortho nitro benzene ring substituents is 1. The van der Waals surface area contributed by atoms with Gasteiger partial charge in [-0.25, -0.2) is 0 Å². The Bertz CT molecular complexity index is 2280. The van der Waals surface area contributed by atoms with E-state index in [1.54, 1.807) is 23.3 Å². The highest BCUT2D eigenvalue weighted by molar-refractivity contribution is 7.85. The molecule has 0 spiro atoms. The average Bonchev–Trinajstić information content (AvgIpc) is 3.52. The van der Waals surface area contributed by atoms with Crippen molar-refractivity contribution >= 4 is 38.9 Å². The molecular weight excluding hydrogens is 695 g/mol. The van der Waals surface area contributed by atoms with Crippen LogP contribution in [0.25, 0.3) is 5.57 Å². The summed E-state index contributed by atoms with van der Waals surface area (Å²) in [5.41, 5.74) is 10.2. The molecule has 1 N–H and O–H groups in total. The zero-order chi connectivity index (χ0) is 38.3. The standard InChI is InChI=1S/C41H41N3O8S/c1-27-14-21-36-35(24-27)41(4,5)37(42(36)52-43-38(45)22-23-39(43)46)13-8-6-7-12-30-25-29(11-9-10-28-15-17-31(18-16-28)44(47)48)33-20-19-32(53(49,50)51)26-34(33)40(30,2)3/h6-8,12-21,24,26H,9-11,22-23H2,1-5H3,(H,49,50,51)/b8-6+,12-7+,37-13+. The maximum absolute atomic E-state index is 12.5. The summed E-state index contributed by atoms with van der Waals surface area (Å²) in [6.45, 7) is 10.1. The second kappa shape index (κ2) is 14.2. The van der Waals surface area contributed by atoms with E-state index in [1.165, 1.54) is 24.3 Å². The van der Waals surface area contributed by atoms with E-state index in [-0.39, 0.29) is 23.4 Å². The molecular formula is C41H41N3O8S. The molecule has 6 rings (SSSR count). The number of carbonyl (C=O) groups excluding carboxylic acids is 2. The minimum Gasteiger partial charge on any atom is -0.282 e. The van der Waals surface area contributed by atoms with E-state index in [9.17, 15) is 32.7 Å². The molecule has 1 saturated heterocycles. The zero-order valence-electron chi connectivity index (χ0n) is 30.3. The normalized spacial score (nSPS) is 18.6. The van der Waals surface area contributed by atoms with Crippen LogP contribution in [0.2, 0.25) is 0 Å². The van der Waals surface area contributed by atoms with Crippen LogP contribution in [0.4, 0.5) is 11.4 Å². The van der Waals surface area contributed by atoms with Crippen LogP contribution >= 0.6 is 0 Å². The van der Waals surface area contributed by atoms with Crippen LogP contribution in [0.5, 0.6) is 0 Å². The average molecular weight is 736 g/mol. The van der Waals surface area contributed by atoms with Crippen LogP contribution in [-0.2, 0) is 41.9 Å². The van der Waals surface area contributed by atoms with Crippen molar-refractivity contribution in [3.63, 3.8) is 0 Å². The van der Waals surface area contributed by atoms with Gasteiger partial charge >= 0.3 is 0 Å². The largest absolute Gasteiger partial charge is 0.294 e. The molecule has 0 bridgehead atoms. The first-order valence-corrected chi connectivity index (χ1v) is 18.8. The lowest BCUT2D eigenvalue weighted by Crippen LogP contribution is -2.38. The number of hydrogen-bond donors (Lipinski definition) is 1. The van der Waals surface area contributed by atoms with Gasteiger partial charge in [-0.15, -0.1) is 15.7 Å². The van der Waals surface area contributed by atoms with Crippen molar-refractivity contribution in [1.29, 1.82) is 0 Å². The fourth-order valence-electron chi connectivity index (χ4n) is 7.00. The molecule has 53 heavy (non-hydrogen) atoms. The Kier molecular flexibility index (Phi) is 10.0. The van der Waals surface area contributed by atoms with E-state index in [2.05, 4.69) is 25.6 Å². The molecule has 3 aromatic carbocycles. The number of imide groups is 1. The summed E-state index contributed by atoms with van der Waals surface area (Å²) in [5, 5.41) is 13.4. The number of allylic oxidation sites excluding steroid dienone is 7. The predicted molar refractivity (Wildman–Crippen MR) is 201 cm³/mol. The van der Waals surface area contributed by atoms with E-state index >= 15 is 0 Å². The van der Waals surface area contributed by atoms with Gasteiger partial charge in [0.1, 0.15) is 0 Å². The van der Waals surface area contributed by atoms with Crippen molar-refractivity contribution in [2.75, 3.05) is 5.06 Å². The van der Waals surface area contributed by atoms with Gasteiger partial charge < -0.3 is 0 Å². The number of amides is 2. The Hall–Kier alpha value is -5.39. The monoisotopic (exact) mass is 735 g/mol. The second-order valence-corrected chi connectivity index (χ2v) is 15.9. The van der Waals surface area contributed by atoms with Gasteiger partial charge in [-0.05, 0) is 72.7 Å². The first-order chi connectivity index (χ1) is 25.0. The Morgan fingerprint density at radius 2 is 1.58 bits per heavy atom. The number of carbonyl (C=O) groups is 2. The van der Waals surface area contributed by atoms with Crippen LogP contribution in [0.15, 0.2) is 113 Å². The molecule has 2 amide bonds. The van der Waals surface area contributed by atoms with E-state index in [0.29, 0.717) is 12.8 Å². The molecule has 11 nitrogen and oxygen atoms in total. The molecule has 2 heterocycles. The lowest BCUT2D eigenvalue weighted by atomic mass is 9.71. The number of aryl methyl sites for hydroxylation is 2. The van der Waals surface area contributed by atoms with E-state index in [0.717, 1.165) is 61.8 Å². The van der Waals surface area contributed by atoms with Gasteiger partial charge in [-0.3, -0.25) is 24.3 Å². The van der Waals surface area contributed by atoms with Gasteiger partial charge in [0.15, 0.2) is 0 Å². The molecule has 0 unspecified atom stereocenters. The van der Waals surface area contributed by atoms with Crippen molar-refractivity contribution < 1.29 is 32.4 Å². The highest BCUT2D eigenvalue weighted by Gasteiger charge is 2.44. The van der Waals surface area contributed by atoms with E-state index in [1.807, 2.05) is 63.3 Å². The first kappa shape index (κ1) is 37.4. The van der Waals surface area contributed by atoms with Crippen molar-refractivity contribution in [2.24, 2.45) is 0 Å². The third-order valence-electron chi connectivity index (χ3n) is 10.1. The summed E-state index contributed by atoms with van der Waals surface area (Å²) in [5.74, 6) is -0.780. The molecule has 3 aliphatic rings. The molecule has 1 aliphatic carbocycles. The van der Waals surface area contributed by atoms with Crippen molar-refractivity contribution in [2.45, 2.75) is 82.4 Å². The summed E-state index contributed by atoms with van der Waals surface area (Å²) in [4.78, 5) is 41.4. The third-order valence-corrected chi connectivity index (χ3v) is 10.9. The number of nitro benzene ring substituents is 1. The predicted octanol–water partition coefficient (Wildman–Crippen LogP) is 8.16. The topological polar surface area (TPSA) is 147 Å². The van der Waals surface area contributed by atoms with E-state index in [4.69, 9.17) is 4.94 Å². The Morgan fingerprint density at radius 1 is 0.887 bits per heavy atom. The van der Waals surface area contributed by atoms with Crippen LogP contribution in [0.3, 0.4) is 0 Å². The number of hydroxylamine groups is 3. The number of nitrogens with zero attached hydrogens (tertiary/aromatic N) is 3. The third kappa shape index (κ3) is 7.45. The van der Waals surface area contributed by atoms with Crippen LogP contribution < -0.4 is 5.06 Å². The quantitative estimate of drug-likeness (QED) is 0.0514. The number of hydrogen-bond acceptors (Lipinski definition) is 8. The molecule has 0 atom stereocenters.